The highest BCUT2D eigenvalue weighted by Crippen LogP contribution is 2.30. The number of hydroxylamine groups is 2. The minimum absolute atomic E-state index is 0.0978. The summed E-state index contributed by atoms with van der Waals surface area (Å²) >= 11 is 6.26. The molecule has 1 saturated heterocycles. The number of nitrogens with zero attached hydrogens (tertiary/aromatic N) is 2. The fourth-order valence-electron chi connectivity index (χ4n) is 2.69. The monoisotopic (exact) mass is 344 g/mol. The second kappa shape index (κ2) is 5.90. The second-order valence-electron chi connectivity index (χ2n) is 5.48. The topological polar surface area (TPSA) is 75.8 Å². The van der Waals surface area contributed by atoms with Crippen LogP contribution in [0.1, 0.15) is 10.4 Å². The molecule has 0 aliphatic carbocycles. The molecule has 1 aliphatic rings. The third-order valence-corrected chi connectivity index (χ3v) is 4.13. The third-order valence-electron chi connectivity index (χ3n) is 3.82. The van der Waals surface area contributed by atoms with Crippen LogP contribution in [-0.4, -0.2) is 40.3 Å². The van der Waals surface area contributed by atoms with E-state index in [9.17, 15) is 9.90 Å². The normalized spacial score (nSPS) is 17.6. The number of hydrogen-bond donors (Lipinski definition) is 1. The summed E-state index contributed by atoms with van der Waals surface area (Å²) in [5.41, 5.74) is 1.41. The van der Waals surface area contributed by atoms with E-state index in [1.807, 2.05) is 0 Å². The molecule has 0 saturated carbocycles. The van der Waals surface area contributed by atoms with Crippen LogP contribution in [0, 0.1) is 0 Å². The molecule has 6 nitrogen and oxygen atoms in total. The van der Waals surface area contributed by atoms with Gasteiger partial charge in [0.2, 0.25) is 0 Å². The van der Waals surface area contributed by atoms with Gasteiger partial charge in [0.1, 0.15) is 18.4 Å². The highest BCUT2D eigenvalue weighted by Gasteiger charge is 2.29. The number of aromatic nitrogens is 1. The van der Waals surface area contributed by atoms with Crippen LogP contribution in [0.25, 0.3) is 22.4 Å². The van der Waals surface area contributed by atoms with E-state index in [0.717, 1.165) is 5.06 Å². The van der Waals surface area contributed by atoms with Gasteiger partial charge in [0.25, 0.3) is 5.91 Å². The number of pyridine rings is 1. The van der Waals surface area contributed by atoms with Crippen molar-refractivity contribution in [2.75, 3.05) is 13.2 Å². The van der Waals surface area contributed by atoms with Gasteiger partial charge in [-0.15, -0.1) is 0 Å². The molecule has 1 unspecified atom stereocenters. The summed E-state index contributed by atoms with van der Waals surface area (Å²) in [4.78, 5) is 22.6. The van der Waals surface area contributed by atoms with E-state index in [-0.39, 0.29) is 19.1 Å². The van der Waals surface area contributed by atoms with Gasteiger partial charge in [-0.2, -0.15) is 0 Å². The Balaban J connectivity index is 1.89. The number of β-amino-alcohol motifs (C(OH)–C–C–N with tert-alkyl or cyclic N) is 1. The minimum Gasteiger partial charge on any atom is -0.463 e. The van der Waals surface area contributed by atoms with E-state index in [2.05, 4.69) is 4.98 Å². The zero-order chi connectivity index (χ0) is 16.7. The zero-order valence-corrected chi connectivity index (χ0v) is 13.2. The summed E-state index contributed by atoms with van der Waals surface area (Å²) in [6.07, 6.45) is 0.852. The first-order chi connectivity index (χ1) is 11.6. The smallest absolute Gasteiger partial charge is 0.278 e. The third kappa shape index (κ3) is 2.54. The number of para-hydroxylation sites is 1. The molecule has 1 amide bonds. The molecule has 0 bridgehead atoms. The summed E-state index contributed by atoms with van der Waals surface area (Å²) in [6, 6.07) is 10.4. The van der Waals surface area contributed by atoms with Crippen LogP contribution < -0.4 is 0 Å². The number of furan rings is 1. The summed E-state index contributed by atoms with van der Waals surface area (Å²) in [5.74, 6) is 0.183. The van der Waals surface area contributed by atoms with Crippen molar-refractivity contribution in [2.24, 2.45) is 0 Å². The van der Waals surface area contributed by atoms with Gasteiger partial charge in [-0.05, 0) is 24.3 Å². The molecule has 122 valence electrons. The molecule has 3 heterocycles. The quantitative estimate of drug-likeness (QED) is 0.773. The fraction of sp³-hybridized carbons (Fsp3) is 0.176. The molecule has 1 aliphatic heterocycles. The summed E-state index contributed by atoms with van der Waals surface area (Å²) < 4.78 is 5.38. The van der Waals surface area contributed by atoms with Gasteiger partial charge in [0, 0.05) is 5.39 Å². The van der Waals surface area contributed by atoms with Gasteiger partial charge in [-0.1, -0.05) is 23.7 Å². The van der Waals surface area contributed by atoms with Gasteiger partial charge in [-0.25, -0.2) is 10.0 Å². The number of carbonyl (C=O) groups excluding carboxylic acids is 1. The van der Waals surface area contributed by atoms with E-state index in [0.29, 0.717) is 32.9 Å². The molecule has 0 radical (unpaired) electrons. The summed E-state index contributed by atoms with van der Waals surface area (Å²) in [5, 5.41) is 11.8. The molecule has 3 aromatic rings. The lowest BCUT2D eigenvalue weighted by molar-refractivity contribution is -0.0778. The number of halogens is 1. The first-order valence-electron chi connectivity index (χ1n) is 7.39. The zero-order valence-electron chi connectivity index (χ0n) is 12.5. The lowest BCUT2D eigenvalue weighted by Crippen LogP contribution is -2.28. The molecular formula is C17H13ClN2O4. The van der Waals surface area contributed by atoms with Crippen LogP contribution in [0.15, 0.2) is 47.1 Å². The average Bonchev–Trinajstić information content (AvgIpc) is 3.25. The van der Waals surface area contributed by atoms with Gasteiger partial charge >= 0.3 is 0 Å². The molecule has 24 heavy (non-hydrogen) atoms. The van der Waals surface area contributed by atoms with Crippen LogP contribution in [-0.2, 0) is 4.84 Å². The number of benzene rings is 1. The van der Waals surface area contributed by atoms with E-state index < -0.39 is 6.10 Å². The maximum Gasteiger partial charge on any atom is 0.278 e. The predicted molar refractivity (Wildman–Crippen MR) is 87.5 cm³/mol. The summed E-state index contributed by atoms with van der Waals surface area (Å²) in [6.45, 7) is 0.222. The average molecular weight is 345 g/mol. The molecule has 2 aromatic heterocycles. The molecule has 7 heteroatoms. The van der Waals surface area contributed by atoms with Crippen LogP contribution in [0.3, 0.4) is 0 Å². The lowest BCUT2D eigenvalue weighted by atomic mass is 10.1. The van der Waals surface area contributed by atoms with E-state index in [4.69, 9.17) is 20.9 Å². The van der Waals surface area contributed by atoms with E-state index >= 15 is 0 Å². The van der Waals surface area contributed by atoms with E-state index in [1.54, 1.807) is 36.4 Å². The Labute approximate surface area is 142 Å². The van der Waals surface area contributed by atoms with Crippen molar-refractivity contribution in [3.63, 3.8) is 0 Å². The van der Waals surface area contributed by atoms with Crippen molar-refractivity contribution >= 4 is 28.4 Å². The Hall–Kier alpha value is -2.41. The molecule has 1 atom stereocenters. The number of aliphatic hydroxyl groups excluding tert-OH is 1. The van der Waals surface area contributed by atoms with Gasteiger partial charge in [-0.3, -0.25) is 9.63 Å². The standard InChI is InChI=1S/C17H13ClN2O4/c18-13-4-1-3-11-12(17(22)20-8-10(21)9-24-20)7-14(19-16(11)13)15-5-2-6-23-15/h1-7,10,21H,8-9H2. The van der Waals surface area contributed by atoms with Crippen molar-refractivity contribution in [1.82, 2.24) is 10.0 Å². The second-order valence-corrected chi connectivity index (χ2v) is 5.89. The molecule has 1 N–H and O–H groups in total. The van der Waals surface area contributed by atoms with Crippen LogP contribution >= 0.6 is 11.6 Å². The first-order valence-corrected chi connectivity index (χ1v) is 7.77. The maximum atomic E-state index is 12.8. The van der Waals surface area contributed by atoms with Crippen LogP contribution in [0.4, 0.5) is 0 Å². The molecule has 0 spiro atoms. The maximum absolute atomic E-state index is 12.8. The number of fused-ring (bicyclic) bond motifs is 1. The molecule has 1 fully saturated rings. The minimum atomic E-state index is -0.685. The molecular weight excluding hydrogens is 332 g/mol. The Morgan fingerprint density at radius 2 is 2.21 bits per heavy atom. The SMILES string of the molecule is O=C(c1cc(-c2ccco2)nc2c(Cl)cccc12)N1CC(O)CO1. The Bertz CT molecular complexity index is 910. The largest absolute Gasteiger partial charge is 0.463 e. The van der Waals surface area contributed by atoms with Crippen LogP contribution in [0.2, 0.25) is 5.02 Å². The highest BCUT2D eigenvalue weighted by atomic mass is 35.5. The van der Waals surface area contributed by atoms with Gasteiger partial charge < -0.3 is 9.52 Å². The number of hydrogen-bond acceptors (Lipinski definition) is 5. The lowest BCUT2D eigenvalue weighted by Gasteiger charge is -2.16. The number of aliphatic hydroxyl groups is 1. The van der Waals surface area contributed by atoms with Gasteiger partial charge in [0.15, 0.2) is 5.76 Å². The van der Waals surface area contributed by atoms with Crippen molar-refractivity contribution in [3.8, 4) is 11.5 Å². The Morgan fingerprint density at radius 1 is 1.33 bits per heavy atom. The van der Waals surface area contributed by atoms with Gasteiger partial charge in [0.05, 0.1) is 28.9 Å². The van der Waals surface area contributed by atoms with E-state index in [1.165, 1.54) is 6.26 Å². The predicted octanol–water partition coefficient (Wildman–Crippen LogP) is 2.90. The number of rotatable bonds is 2. The molecule has 1 aromatic carbocycles. The molecule has 4 rings (SSSR count). The Morgan fingerprint density at radius 3 is 2.92 bits per heavy atom. The highest BCUT2D eigenvalue weighted by molar-refractivity contribution is 6.35. The summed E-state index contributed by atoms with van der Waals surface area (Å²) in [7, 11) is 0. The van der Waals surface area contributed by atoms with Crippen molar-refractivity contribution < 1.29 is 19.2 Å². The fourth-order valence-corrected chi connectivity index (χ4v) is 2.91. The first kappa shape index (κ1) is 15.1. The van der Waals surface area contributed by atoms with Crippen molar-refractivity contribution in [1.29, 1.82) is 0 Å². The number of carbonyl (C=O) groups is 1. The van der Waals surface area contributed by atoms with Crippen molar-refractivity contribution in [3.05, 3.63) is 53.2 Å². The van der Waals surface area contributed by atoms with Crippen LogP contribution in [0.5, 0.6) is 0 Å². The van der Waals surface area contributed by atoms with Crippen molar-refractivity contribution in [2.45, 2.75) is 6.10 Å². The Kier molecular flexibility index (Phi) is 3.72. The number of amides is 1.